The maximum Gasteiger partial charge on any atom is 0.143 e. The van der Waals surface area contributed by atoms with E-state index in [1.54, 1.807) is 0 Å². The highest BCUT2D eigenvalue weighted by Crippen LogP contribution is 2.33. The van der Waals surface area contributed by atoms with Crippen molar-refractivity contribution in [2.75, 3.05) is 6.61 Å². The Bertz CT molecular complexity index is 402. The van der Waals surface area contributed by atoms with E-state index in [2.05, 4.69) is 37.2 Å². The first-order valence-corrected chi connectivity index (χ1v) is 7.71. The molecule has 0 heterocycles. The van der Waals surface area contributed by atoms with Gasteiger partial charge < -0.3 is 15.5 Å². The smallest absolute Gasteiger partial charge is 0.143 e. The topological polar surface area (TPSA) is 52.5 Å². The van der Waals surface area contributed by atoms with Gasteiger partial charge in [-0.05, 0) is 68.3 Å². The van der Waals surface area contributed by atoms with Crippen LogP contribution in [-0.4, -0.2) is 22.9 Å². The molecule has 1 aliphatic rings. The molecule has 0 saturated heterocycles. The molecular formula is C13H17Br2NO2. The van der Waals surface area contributed by atoms with Crippen molar-refractivity contribution in [1.82, 2.24) is 5.32 Å². The number of halogens is 2. The monoisotopic (exact) mass is 377 g/mol. The van der Waals surface area contributed by atoms with Gasteiger partial charge in [0, 0.05) is 19.2 Å². The van der Waals surface area contributed by atoms with Gasteiger partial charge in [0.15, 0.2) is 0 Å². The number of aliphatic hydroxyl groups excluding tert-OH is 1. The number of phenols is 1. The standard InChI is InChI=1S/C13H17Br2NO2/c14-10-4-8(5-11(15)13(10)18)6-16-12-3-1-2-9(12)7-17/h4-5,9,12,16-18H,1-3,6-7H2. The van der Waals surface area contributed by atoms with Crippen LogP contribution < -0.4 is 5.32 Å². The predicted molar refractivity (Wildman–Crippen MR) is 78.6 cm³/mol. The van der Waals surface area contributed by atoms with E-state index in [9.17, 15) is 10.2 Å². The molecule has 1 aromatic rings. The summed E-state index contributed by atoms with van der Waals surface area (Å²) < 4.78 is 1.39. The molecule has 2 unspecified atom stereocenters. The van der Waals surface area contributed by atoms with Crippen molar-refractivity contribution in [1.29, 1.82) is 0 Å². The molecule has 3 N–H and O–H groups in total. The summed E-state index contributed by atoms with van der Waals surface area (Å²) in [6.45, 7) is 1.01. The molecule has 3 nitrogen and oxygen atoms in total. The van der Waals surface area contributed by atoms with Crippen LogP contribution in [-0.2, 0) is 6.54 Å². The van der Waals surface area contributed by atoms with Crippen LogP contribution in [0.2, 0.25) is 0 Å². The largest absolute Gasteiger partial charge is 0.506 e. The van der Waals surface area contributed by atoms with Gasteiger partial charge in [-0.3, -0.25) is 0 Å². The van der Waals surface area contributed by atoms with E-state index < -0.39 is 0 Å². The van der Waals surface area contributed by atoms with Crippen LogP contribution in [0.25, 0.3) is 0 Å². The van der Waals surface area contributed by atoms with Crippen molar-refractivity contribution in [3.8, 4) is 5.75 Å². The number of aromatic hydroxyl groups is 1. The molecule has 100 valence electrons. The van der Waals surface area contributed by atoms with Gasteiger partial charge in [-0.2, -0.15) is 0 Å². The Morgan fingerprint density at radius 2 is 1.89 bits per heavy atom. The summed E-state index contributed by atoms with van der Waals surface area (Å²) in [6.07, 6.45) is 3.43. The van der Waals surface area contributed by atoms with Crippen molar-refractivity contribution in [2.24, 2.45) is 5.92 Å². The third-order valence-corrected chi connectivity index (χ3v) is 4.75. The van der Waals surface area contributed by atoms with E-state index in [0.29, 0.717) is 20.9 Å². The number of rotatable bonds is 4. The van der Waals surface area contributed by atoms with Crippen LogP contribution in [0.1, 0.15) is 24.8 Å². The Hall–Kier alpha value is -0.100. The SMILES string of the molecule is OCC1CCCC1NCc1cc(Br)c(O)c(Br)c1. The van der Waals surface area contributed by atoms with Gasteiger partial charge in [-0.1, -0.05) is 6.42 Å². The minimum Gasteiger partial charge on any atom is -0.506 e. The lowest BCUT2D eigenvalue weighted by Gasteiger charge is -2.19. The number of phenolic OH excluding ortho intramolecular Hbond substituents is 1. The second-order valence-corrected chi connectivity index (χ2v) is 6.48. The average molecular weight is 379 g/mol. The van der Waals surface area contributed by atoms with Crippen LogP contribution in [0.3, 0.4) is 0 Å². The summed E-state index contributed by atoms with van der Waals surface area (Å²) >= 11 is 6.66. The number of nitrogens with one attached hydrogen (secondary N) is 1. The van der Waals surface area contributed by atoms with Crippen LogP contribution in [0.15, 0.2) is 21.1 Å². The lowest BCUT2D eigenvalue weighted by atomic mass is 10.0. The molecule has 1 aliphatic carbocycles. The van der Waals surface area contributed by atoms with Gasteiger partial charge >= 0.3 is 0 Å². The molecule has 1 aromatic carbocycles. The highest BCUT2D eigenvalue weighted by atomic mass is 79.9. The maximum atomic E-state index is 9.64. The molecule has 0 spiro atoms. The normalized spacial score (nSPS) is 23.5. The van der Waals surface area contributed by atoms with Crippen LogP contribution in [0.5, 0.6) is 5.75 Å². The molecule has 5 heteroatoms. The zero-order valence-electron chi connectivity index (χ0n) is 10.00. The molecule has 1 fully saturated rings. The Kier molecular flexibility index (Phi) is 5.06. The second-order valence-electron chi connectivity index (χ2n) is 4.77. The summed E-state index contributed by atoms with van der Waals surface area (Å²) in [6, 6.07) is 4.23. The van der Waals surface area contributed by atoms with Crippen LogP contribution in [0.4, 0.5) is 0 Å². The number of benzene rings is 1. The van der Waals surface area contributed by atoms with Gasteiger partial charge in [0.25, 0.3) is 0 Å². The predicted octanol–water partition coefficient (Wildman–Crippen LogP) is 3.17. The van der Waals surface area contributed by atoms with Crippen molar-refractivity contribution >= 4 is 31.9 Å². The average Bonchev–Trinajstić information content (AvgIpc) is 2.80. The molecule has 0 amide bonds. The molecule has 2 rings (SSSR count). The molecule has 0 radical (unpaired) electrons. The van der Waals surface area contributed by atoms with Crippen LogP contribution in [0, 0.1) is 5.92 Å². The van der Waals surface area contributed by atoms with E-state index in [0.717, 1.165) is 24.9 Å². The minimum absolute atomic E-state index is 0.229. The first kappa shape index (κ1) is 14.3. The second kappa shape index (κ2) is 6.37. The Labute approximate surface area is 124 Å². The lowest BCUT2D eigenvalue weighted by Crippen LogP contribution is -2.33. The molecule has 0 aliphatic heterocycles. The van der Waals surface area contributed by atoms with Gasteiger partial charge in [0.05, 0.1) is 8.95 Å². The third-order valence-electron chi connectivity index (χ3n) is 3.54. The molecule has 2 atom stereocenters. The Balaban J connectivity index is 1.98. The molecule has 18 heavy (non-hydrogen) atoms. The van der Waals surface area contributed by atoms with Gasteiger partial charge in [-0.15, -0.1) is 0 Å². The Morgan fingerprint density at radius 1 is 1.22 bits per heavy atom. The molecular weight excluding hydrogens is 362 g/mol. The van der Waals surface area contributed by atoms with Gasteiger partial charge in [0.2, 0.25) is 0 Å². The highest BCUT2D eigenvalue weighted by molar-refractivity contribution is 9.11. The van der Waals surface area contributed by atoms with E-state index in [1.807, 2.05) is 12.1 Å². The number of hydrogen-bond donors (Lipinski definition) is 3. The maximum absolute atomic E-state index is 9.64. The fourth-order valence-corrected chi connectivity index (χ4v) is 3.77. The van der Waals surface area contributed by atoms with Crippen molar-refractivity contribution in [2.45, 2.75) is 31.8 Å². The highest BCUT2D eigenvalue weighted by Gasteiger charge is 2.25. The zero-order chi connectivity index (χ0) is 13.1. The molecule has 1 saturated carbocycles. The van der Waals surface area contributed by atoms with Gasteiger partial charge in [0.1, 0.15) is 5.75 Å². The summed E-state index contributed by atoms with van der Waals surface area (Å²) in [5.74, 6) is 0.613. The first-order valence-electron chi connectivity index (χ1n) is 6.13. The van der Waals surface area contributed by atoms with Crippen molar-refractivity contribution in [3.05, 3.63) is 26.6 Å². The summed E-state index contributed by atoms with van der Waals surface area (Å²) in [5.41, 5.74) is 1.11. The first-order chi connectivity index (χ1) is 8.61. The van der Waals surface area contributed by atoms with Crippen molar-refractivity contribution < 1.29 is 10.2 Å². The third kappa shape index (κ3) is 3.26. The minimum atomic E-state index is 0.229. The van der Waals surface area contributed by atoms with E-state index in [4.69, 9.17) is 0 Å². The quantitative estimate of drug-likeness (QED) is 0.754. The lowest BCUT2D eigenvalue weighted by molar-refractivity contribution is 0.205. The van der Waals surface area contributed by atoms with Crippen LogP contribution >= 0.6 is 31.9 Å². The van der Waals surface area contributed by atoms with Crippen molar-refractivity contribution in [3.63, 3.8) is 0 Å². The van der Waals surface area contributed by atoms with Gasteiger partial charge in [-0.25, -0.2) is 0 Å². The summed E-state index contributed by atoms with van der Waals surface area (Å²) in [7, 11) is 0. The molecule has 0 aromatic heterocycles. The van der Waals surface area contributed by atoms with E-state index in [-0.39, 0.29) is 12.4 Å². The van der Waals surface area contributed by atoms with E-state index >= 15 is 0 Å². The number of hydrogen-bond acceptors (Lipinski definition) is 3. The Morgan fingerprint density at radius 3 is 2.50 bits per heavy atom. The summed E-state index contributed by atoms with van der Waals surface area (Å²) in [4.78, 5) is 0. The zero-order valence-corrected chi connectivity index (χ0v) is 13.2. The fourth-order valence-electron chi connectivity index (χ4n) is 2.49. The number of aliphatic hydroxyl groups is 1. The fraction of sp³-hybridized carbons (Fsp3) is 0.538. The molecule has 0 bridgehead atoms. The summed E-state index contributed by atoms with van der Waals surface area (Å²) in [5, 5.41) is 22.4. The van der Waals surface area contributed by atoms with E-state index in [1.165, 1.54) is 6.42 Å².